The molecule has 1 saturated heterocycles. The van der Waals surface area contributed by atoms with Gasteiger partial charge in [-0.15, -0.1) is 0 Å². The number of nitrogens with one attached hydrogen (secondary N) is 1. The van der Waals surface area contributed by atoms with Crippen LogP contribution in [-0.4, -0.2) is 35.0 Å². The van der Waals surface area contributed by atoms with Gasteiger partial charge >= 0.3 is 5.97 Å². The van der Waals surface area contributed by atoms with E-state index in [0.29, 0.717) is 22.9 Å². The van der Waals surface area contributed by atoms with E-state index in [1.165, 1.54) is 17.8 Å². The summed E-state index contributed by atoms with van der Waals surface area (Å²) in [7, 11) is 0. The van der Waals surface area contributed by atoms with E-state index in [1.54, 1.807) is 36.1 Å². The zero-order chi connectivity index (χ0) is 19.9. The number of ether oxygens (including phenoxy) is 1. The normalized spacial score (nSPS) is 15.0. The number of para-hydroxylation sites is 1. The lowest BCUT2D eigenvalue weighted by molar-refractivity contribution is -0.137. The molecule has 0 atom stereocenters. The molecule has 0 radical (unpaired) electrons. The number of hydrogen-bond acceptors (Lipinski definition) is 5. The minimum Gasteiger partial charge on any atom is -0.463 e. The van der Waals surface area contributed by atoms with Gasteiger partial charge in [0.1, 0.15) is 0 Å². The maximum Gasteiger partial charge on any atom is 0.333 e. The Bertz CT molecular complexity index is 894. The molecular weight excluding hydrogens is 376 g/mol. The van der Waals surface area contributed by atoms with Crippen LogP contribution >= 0.6 is 11.8 Å². The molecule has 7 heteroatoms. The minimum atomic E-state index is -0.461. The van der Waals surface area contributed by atoms with Crippen LogP contribution in [0.25, 0.3) is 0 Å². The molecule has 0 spiro atoms. The molecule has 1 heterocycles. The zero-order valence-electron chi connectivity index (χ0n) is 15.4. The lowest BCUT2D eigenvalue weighted by Crippen LogP contribution is -2.24. The topological polar surface area (TPSA) is 75.7 Å². The molecule has 2 amide bonds. The maximum atomic E-state index is 12.3. The largest absolute Gasteiger partial charge is 0.463 e. The summed E-state index contributed by atoms with van der Waals surface area (Å²) in [6, 6.07) is 16.3. The molecule has 1 N–H and O–H groups in total. The van der Waals surface area contributed by atoms with Gasteiger partial charge in [-0.3, -0.25) is 9.59 Å². The SMILES string of the molecule is CCOC(=O)/C=C1\SCC(=O)N1Cc1ccc(C(=O)Nc2ccccc2)cc1. The standard InChI is InChI=1S/C21H20N2O4S/c1-2-27-20(25)12-19-23(18(24)14-28-19)13-15-8-10-16(11-9-15)21(26)22-17-6-4-3-5-7-17/h3-12H,2,13-14H2,1H3,(H,22,26)/b19-12-. The van der Waals surface area contributed by atoms with Gasteiger partial charge in [-0.2, -0.15) is 0 Å². The Balaban J connectivity index is 1.66. The highest BCUT2D eigenvalue weighted by molar-refractivity contribution is 8.04. The number of nitrogens with zero attached hydrogens (tertiary/aromatic N) is 1. The van der Waals surface area contributed by atoms with E-state index in [1.807, 2.05) is 30.3 Å². The second-order valence-electron chi connectivity index (χ2n) is 6.02. The van der Waals surface area contributed by atoms with Gasteiger partial charge in [-0.25, -0.2) is 4.79 Å². The van der Waals surface area contributed by atoms with Crippen molar-refractivity contribution >= 4 is 35.2 Å². The summed E-state index contributed by atoms with van der Waals surface area (Å²) in [6.07, 6.45) is 1.35. The van der Waals surface area contributed by atoms with Crippen molar-refractivity contribution in [3.05, 3.63) is 76.8 Å². The van der Waals surface area contributed by atoms with Crippen LogP contribution in [0, 0.1) is 0 Å². The van der Waals surface area contributed by atoms with Crippen LogP contribution in [0.3, 0.4) is 0 Å². The van der Waals surface area contributed by atoms with Crippen LogP contribution in [0.2, 0.25) is 0 Å². The Labute approximate surface area is 167 Å². The number of thioether (sulfide) groups is 1. The highest BCUT2D eigenvalue weighted by Gasteiger charge is 2.27. The third-order valence-electron chi connectivity index (χ3n) is 4.03. The Morgan fingerprint density at radius 3 is 2.54 bits per heavy atom. The third-order valence-corrected chi connectivity index (χ3v) is 5.05. The quantitative estimate of drug-likeness (QED) is 0.598. The predicted octanol–water partition coefficient (Wildman–Crippen LogP) is 3.42. The van der Waals surface area contributed by atoms with Crippen LogP contribution in [0.5, 0.6) is 0 Å². The molecule has 2 aromatic rings. The second kappa shape index (κ2) is 9.23. The molecule has 0 aromatic heterocycles. The molecule has 28 heavy (non-hydrogen) atoms. The molecule has 2 aromatic carbocycles. The smallest absolute Gasteiger partial charge is 0.333 e. The van der Waals surface area contributed by atoms with Crippen molar-refractivity contribution in [3.63, 3.8) is 0 Å². The summed E-state index contributed by atoms with van der Waals surface area (Å²) in [4.78, 5) is 37.7. The van der Waals surface area contributed by atoms with E-state index in [2.05, 4.69) is 5.32 Å². The molecule has 0 unspecified atom stereocenters. The lowest BCUT2D eigenvalue weighted by Gasteiger charge is -2.17. The van der Waals surface area contributed by atoms with E-state index < -0.39 is 5.97 Å². The molecule has 3 rings (SSSR count). The first-order valence-corrected chi connectivity index (χ1v) is 9.82. The summed E-state index contributed by atoms with van der Waals surface area (Å²) in [5.41, 5.74) is 2.11. The van der Waals surface area contributed by atoms with Gasteiger partial charge in [0.05, 0.1) is 30.0 Å². The van der Waals surface area contributed by atoms with Crippen molar-refractivity contribution in [2.75, 3.05) is 17.7 Å². The van der Waals surface area contributed by atoms with Crippen molar-refractivity contribution in [1.82, 2.24) is 4.90 Å². The maximum absolute atomic E-state index is 12.3. The first kappa shape index (κ1) is 19.7. The summed E-state index contributed by atoms with van der Waals surface area (Å²) in [5.74, 6) is -0.430. The molecule has 0 bridgehead atoms. The molecule has 1 aliphatic rings. The number of hydrogen-bond donors (Lipinski definition) is 1. The minimum absolute atomic E-state index is 0.0635. The van der Waals surface area contributed by atoms with Crippen LogP contribution in [0.4, 0.5) is 5.69 Å². The number of rotatable bonds is 6. The number of esters is 1. The van der Waals surface area contributed by atoms with Crippen LogP contribution in [-0.2, 0) is 20.9 Å². The number of anilines is 1. The Morgan fingerprint density at radius 2 is 1.86 bits per heavy atom. The van der Waals surface area contributed by atoms with Gasteiger partial charge in [0.15, 0.2) is 0 Å². The van der Waals surface area contributed by atoms with E-state index in [9.17, 15) is 14.4 Å². The summed E-state index contributed by atoms with van der Waals surface area (Å²) >= 11 is 1.31. The molecule has 6 nitrogen and oxygen atoms in total. The predicted molar refractivity (Wildman–Crippen MR) is 109 cm³/mol. The van der Waals surface area contributed by atoms with Crippen molar-refractivity contribution in [2.45, 2.75) is 13.5 Å². The van der Waals surface area contributed by atoms with Gasteiger partial charge in [-0.05, 0) is 36.8 Å². The highest BCUT2D eigenvalue weighted by Crippen LogP contribution is 2.30. The Kier molecular flexibility index (Phi) is 6.49. The van der Waals surface area contributed by atoms with Crippen LogP contribution in [0.15, 0.2) is 65.7 Å². The van der Waals surface area contributed by atoms with Gasteiger partial charge < -0.3 is 15.0 Å². The van der Waals surface area contributed by atoms with Crippen LogP contribution in [0.1, 0.15) is 22.8 Å². The first-order valence-electron chi connectivity index (χ1n) is 8.84. The van der Waals surface area contributed by atoms with Crippen molar-refractivity contribution in [3.8, 4) is 0 Å². The number of benzene rings is 2. The first-order chi connectivity index (χ1) is 13.6. The van der Waals surface area contributed by atoms with Crippen LogP contribution < -0.4 is 5.32 Å². The fraction of sp³-hybridized carbons (Fsp3) is 0.190. The monoisotopic (exact) mass is 396 g/mol. The Hall–Kier alpha value is -3.06. The second-order valence-corrected chi connectivity index (χ2v) is 7.02. The zero-order valence-corrected chi connectivity index (χ0v) is 16.2. The molecule has 0 aliphatic carbocycles. The summed E-state index contributed by atoms with van der Waals surface area (Å²) < 4.78 is 4.92. The number of carbonyl (C=O) groups is 3. The fourth-order valence-corrected chi connectivity index (χ4v) is 3.58. The van der Waals surface area contributed by atoms with E-state index in [-0.39, 0.29) is 18.4 Å². The molecule has 1 aliphatic heterocycles. The number of carbonyl (C=O) groups excluding carboxylic acids is 3. The summed E-state index contributed by atoms with van der Waals surface area (Å²) in [6.45, 7) is 2.35. The third kappa shape index (κ3) is 5.01. The fourth-order valence-electron chi connectivity index (χ4n) is 2.65. The molecule has 144 valence electrons. The van der Waals surface area contributed by atoms with Gasteiger partial charge in [0, 0.05) is 11.3 Å². The van der Waals surface area contributed by atoms with E-state index in [4.69, 9.17) is 4.74 Å². The molecular formula is C21H20N2O4S. The lowest BCUT2D eigenvalue weighted by atomic mass is 10.1. The van der Waals surface area contributed by atoms with E-state index in [0.717, 1.165) is 11.3 Å². The van der Waals surface area contributed by atoms with Crippen molar-refractivity contribution in [2.24, 2.45) is 0 Å². The van der Waals surface area contributed by atoms with Gasteiger partial charge in [0.25, 0.3) is 5.91 Å². The van der Waals surface area contributed by atoms with Crippen molar-refractivity contribution < 1.29 is 19.1 Å². The van der Waals surface area contributed by atoms with Gasteiger partial charge in [0.2, 0.25) is 5.91 Å². The van der Waals surface area contributed by atoms with Crippen molar-refractivity contribution in [1.29, 1.82) is 0 Å². The molecule has 1 fully saturated rings. The molecule has 0 saturated carbocycles. The average molecular weight is 396 g/mol. The van der Waals surface area contributed by atoms with E-state index >= 15 is 0 Å². The van der Waals surface area contributed by atoms with Gasteiger partial charge in [-0.1, -0.05) is 42.1 Å². The number of amides is 2. The highest BCUT2D eigenvalue weighted by atomic mass is 32.2. The Morgan fingerprint density at radius 1 is 1.14 bits per heavy atom. The average Bonchev–Trinajstić information content (AvgIpc) is 3.03. The summed E-state index contributed by atoms with van der Waals surface area (Å²) in [5, 5.41) is 3.41.